The lowest BCUT2D eigenvalue weighted by molar-refractivity contribution is 0.197. The summed E-state index contributed by atoms with van der Waals surface area (Å²) in [6.45, 7) is 4.21. The lowest BCUT2D eigenvalue weighted by atomic mass is 9.95. The zero-order chi connectivity index (χ0) is 24.0. The van der Waals surface area contributed by atoms with E-state index in [0.717, 1.165) is 53.8 Å². The summed E-state index contributed by atoms with van der Waals surface area (Å²) in [5.74, 6) is 1.92. The van der Waals surface area contributed by atoms with Crippen LogP contribution >= 0.6 is 0 Å². The van der Waals surface area contributed by atoms with Gasteiger partial charge in [0.1, 0.15) is 6.61 Å². The minimum atomic E-state index is 0.0141. The molecule has 0 amide bonds. The standard InChI is InChI=1S/C29H31N3O3/c1-33-26-17-23(18-27(34-2)29(26)35-20-21-8-4-3-5-9-21)28(32-14-12-30-13-15-32)24-16-22-10-6-7-11-25(22)31-19-24/h3-11,16-19,28,30H,12-15,20H2,1-2H3. The number of rotatable bonds is 8. The number of piperazine rings is 1. The summed E-state index contributed by atoms with van der Waals surface area (Å²) in [6.07, 6.45) is 1.99. The highest BCUT2D eigenvalue weighted by atomic mass is 16.5. The lowest BCUT2D eigenvalue weighted by Crippen LogP contribution is -2.45. The average molecular weight is 470 g/mol. The fourth-order valence-electron chi connectivity index (χ4n) is 4.72. The predicted octanol–water partition coefficient (Wildman–Crippen LogP) is 4.83. The minimum absolute atomic E-state index is 0.0141. The molecule has 1 aliphatic heterocycles. The Morgan fingerprint density at radius 2 is 1.54 bits per heavy atom. The van der Waals surface area contributed by atoms with Crippen LogP contribution in [0, 0.1) is 0 Å². The van der Waals surface area contributed by atoms with Gasteiger partial charge in [0.2, 0.25) is 5.75 Å². The van der Waals surface area contributed by atoms with E-state index in [1.807, 2.05) is 48.7 Å². The average Bonchev–Trinajstić information content (AvgIpc) is 2.93. The first-order valence-corrected chi connectivity index (χ1v) is 12.0. The van der Waals surface area contributed by atoms with E-state index in [2.05, 4.69) is 40.5 Å². The number of hydrogen-bond acceptors (Lipinski definition) is 6. The molecule has 1 atom stereocenters. The van der Waals surface area contributed by atoms with Gasteiger partial charge in [0.25, 0.3) is 0 Å². The Morgan fingerprint density at radius 3 is 2.26 bits per heavy atom. The molecule has 1 fully saturated rings. The summed E-state index contributed by atoms with van der Waals surface area (Å²) in [5, 5.41) is 4.59. The van der Waals surface area contributed by atoms with Gasteiger partial charge < -0.3 is 19.5 Å². The molecule has 0 radical (unpaired) electrons. The summed E-state index contributed by atoms with van der Waals surface area (Å²) >= 11 is 0. The smallest absolute Gasteiger partial charge is 0.203 e. The second-order valence-electron chi connectivity index (χ2n) is 8.68. The number of aromatic nitrogens is 1. The summed E-state index contributed by atoms with van der Waals surface area (Å²) in [5.41, 5.74) is 4.31. The van der Waals surface area contributed by atoms with Gasteiger partial charge in [-0.15, -0.1) is 0 Å². The Balaban J connectivity index is 1.55. The first-order valence-electron chi connectivity index (χ1n) is 12.0. The van der Waals surface area contributed by atoms with Gasteiger partial charge >= 0.3 is 0 Å². The molecule has 2 heterocycles. The molecule has 4 aromatic rings. The molecule has 1 N–H and O–H groups in total. The van der Waals surface area contributed by atoms with Crippen molar-refractivity contribution in [2.45, 2.75) is 12.6 Å². The van der Waals surface area contributed by atoms with Crippen LogP contribution in [0.5, 0.6) is 17.2 Å². The normalized spacial score (nSPS) is 15.0. The van der Waals surface area contributed by atoms with Gasteiger partial charge in [-0.2, -0.15) is 0 Å². The maximum Gasteiger partial charge on any atom is 0.203 e. The van der Waals surface area contributed by atoms with Crippen molar-refractivity contribution in [1.82, 2.24) is 15.2 Å². The van der Waals surface area contributed by atoms with Crippen molar-refractivity contribution < 1.29 is 14.2 Å². The molecular formula is C29H31N3O3. The minimum Gasteiger partial charge on any atom is -0.493 e. The molecule has 0 spiro atoms. The molecular weight excluding hydrogens is 438 g/mol. The molecule has 6 nitrogen and oxygen atoms in total. The van der Waals surface area contributed by atoms with Crippen molar-refractivity contribution in [2.75, 3.05) is 40.4 Å². The molecule has 0 aliphatic carbocycles. The fourth-order valence-corrected chi connectivity index (χ4v) is 4.72. The van der Waals surface area contributed by atoms with Crippen molar-refractivity contribution >= 4 is 10.9 Å². The largest absolute Gasteiger partial charge is 0.493 e. The van der Waals surface area contributed by atoms with Crippen molar-refractivity contribution in [3.63, 3.8) is 0 Å². The van der Waals surface area contributed by atoms with Crippen LogP contribution in [0.15, 0.2) is 79.0 Å². The van der Waals surface area contributed by atoms with Gasteiger partial charge in [0.15, 0.2) is 11.5 Å². The Bertz CT molecular complexity index is 1250. The first-order chi connectivity index (χ1) is 17.3. The van der Waals surface area contributed by atoms with Crippen LogP contribution in [0.4, 0.5) is 0 Å². The number of nitrogens with one attached hydrogen (secondary N) is 1. The number of para-hydroxylation sites is 1. The summed E-state index contributed by atoms with van der Waals surface area (Å²) in [7, 11) is 3.34. The van der Waals surface area contributed by atoms with Crippen LogP contribution in [0.2, 0.25) is 0 Å². The third kappa shape index (κ3) is 5.09. The Hall–Kier alpha value is -3.61. The van der Waals surface area contributed by atoms with Gasteiger partial charge in [-0.25, -0.2) is 0 Å². The molecule has 1 aliphatic rings. The quantitative estimate of drug-likeness (QED) is 0.399. The molecule has 1 unspecified atom stereocenters. The predicted molar refractivity (Wildman–Crippen MR) is 138 cm³/mol. The van der Waals surface area contributed by atoms with E-state index >= 15 is 0 Å². The van der Waals surface area contributed by atoms with Crippen LogP contribution < -0.4 is 19.5 Å². The number of ether oxygens (including phenoxy) is 3. The molecule has 0 saturated carbocycles. The topological polar surface area (TPSA) is 55.9 Å². The zero-order valence-electron chi connectivity index (χ0n) is 20.2. The van der Waals surface area contributed by atoms with E-state index in [1.54, 1.807) is 14.2 Å². The molecule has 180 valence electrons. The SMILES string of the molecule is COc1cc(C(c2cnc3ccccc3c2)N2CCNCC2)cc(OC)c1OCc1ccccc1. The van der Waals surface area contributed by atoms with E-state index in [9.17, 15) is 0 Å². The monoisotopic (exact) mass is 469 g/mol. The van der Waals surface area contributed by atoms with Gasteiger partial charge in [-0.1, -0.05) is 48.5 Å². The van der Waals surface area contributed by atoms with Crippen molar-refractivity contribution in [2.24, 2.45) is 0 Å². The van der Waals surface area contributed by atoms with Crippen molar-refractivity contribution in [3.8, 4) is 17.2 Å². The number of hydrogen-bond donors (Lipinski definition) is 1. The molecule has 5 rings (SSSR count). The lowest BCUT2D eigenvalue weighted by Gasteiger charge is -2.36. The Morgan fingerprint density at radius 1 is 0.857 bits per heavy atom. The highest BCUT2D eigenvalue weighted by molar-refractivity contribution is 5.79. The van der Waals surface area contributed by atoms with Gasteiger partial charge in [0, 0.05) is 37.8 Å². The van der Waals surface area contributed by atoms with Crippen LogP contribution in [0.3, 0.4) is 0 Å². The van der Waals surface area contributed by atoms with Crippen LogP contribution in [0.1, 0.15) is 22.7 Å². The maximum atomic E-state index is 6.19. The number of pyridine rings is 1. The van der Waals surface area contributed by atoms with Crippen molar-refractivity contribution in [3.05, 3.63) is 95.7 Å². The Kier molecular flexibility index (Phi) is 7.12. The van der Waals surface area contributed by atoms with Crippen molar-refractivity contribution in [1.29, 1.82) is 0 Å². The molecule has 3 aromatic carbocycles. The van der Waals surface area contributed by atoms with Gasteiger partial charge in [-0.3, -0.25) is 9.88 Å². The van der Waals surface area contributed by atoms with E-state index in [0.29, 0.717) is 23.9 Å². The number of methoxy groups -OCH3 is 2. The highest BCUT2D eigenvalue weighted by Gasteiger charge is 2.27. The summed E-state index contributed by atoms with van der Waals surface area (Å²) < 4.78 is 17.8. The van der Waals surface area contributed by atoms with Gasteiger partial charge in [-0.05, 0) is 41.0 Å². The molecule has 35 heavy (non-hydrogen) atoms. The molecule has 1 saturated heterocycles. The van der Waals surface area contributed by atoms with Gasteiger partial charge in [0.05, 0.1) is 25.8 Å². The third-order valence-corrected chi connectivity index (χ3v) is 6.47. The van der Waals surface area contributed by atoms with E-state index in [1.165, 1.54) is 0 Å². The Labute approximate surface area is 206 Å². The number of fused-ring (bicyclic) bond motifs is 1. The first kappa shape index (κ1) is 23.1. The van der Waals surface area contributed by atoms with E-state index in [4.69, 9.17) is 19.2 Å². The maximum absolute atomic E-state index is 6.19. The molecule has 1 aromatic heterocycles. The van der Waals surface area contributed by atoms with E-state index < -0.39 is 0 Å². The zero-order valence-corrected chi connectivity index (χ0v) is 20.2. The third-order valence-electron chi connectivity index (χ3n) is 6.47. The van der Waals surface area contributed by atoms with Crippen LogP contribution in [-0.2, 0) is 6.61 Å². The fraction of sp³-hybridized carbons (Fsp3) is 0.276. The highest BCUT2D eigenvalue weighted by Crippen LogP contribution is 2.43. The second kappa shape index (κ2) is 10.8. The van der Waals surface area contributed by atoms with Crippen LogP contribution in [-0.4, -0.2) is 50.3 Å². The second-order valence-corrected chi connectivity index (χ2v) is 8.68. The molecule has 0 bridgehead atoms. The van der Waals surface area contributed by atoms with E-state index in [-0.39, 0.29) is 6.04 Å². The number of nitrogens with zero attached hydrogens (tertiary/aromatic N) is 2. The summed E-state index contributed by atoms with van der Waals surface area (Å²) in [6, 6.07) is 24.7. The van der Waals surface area contributed by atoms with Crippen LogP contribution in [0.25, 0.3) is 10.9 Å². The summed E-state index contributed by atoms with van der Waals surface area (Å²) in [4.78, 5) is 7.25. The molecule has 6 heteroatoms. The number of benzene rings is 3.